The molecule has 0 atom stereocenters. The largest absolute Gasteiger partial charge is 0.337 e. The highest BCUT2D eigenvalue weighted by Gasteiger charge is 2.14. The second kappa shape index (κ2) is 7.07. The molecule has 7 heteroatoms. The minimum Gasteiger partial charge on any atom is -0.337 e. The van der Waals surface area contributed by atoms with Crippen molar-refractivity contribution in [3.63, 3.8) is 0 Å². The van der Waals surface area contributed by atoms with Crippen LogP contribution in [0.1, 0.15) is 0 Å². The van der Waals surface area contributed by atoms with Gasteiger partial charge in [-0.15, -0.1) is 0 Å². The Morgan fingerprint density at radius 3 is 2.65 bits per heavy atom. The SMILES string of the molecule is c1ccc2c(-c3nccc(Nc4c[nH]nc4-c4nc5ccccc5[nH]4)n3)cccc2c1. The zero-order valence-electron chi connectivity index (χ0n) is 16.4. The van der Waals surface area contributed by atoms with Crippen LogP contribution in [0.25, 0.3) is 44.7 Å². The molecule has 31 heavy (non-hydrogen) atoms. The lowest BCUT2D eigenvalue weighted by molar-refractivity contribution is 1.08. The van der Waals surface area contributed by atoms with Gasteiger partial charge in [0.15, 0.2) is 17.3 Å². The zero-order chi connectivity index (χ0) is 20.6. The number of nitrogens with zero attached hydrogens (tertiary/aromatic N) is 4. The van der Waals surface area contributed by atoms with Crippen molar-refractivity contribution in [1.82, 2.24) is 30.1 Å². The molecule has 0 amide bonds. The normalized spacial score (nSPS) is 11.2. The molecule has 0 saturated heterocycles. The number of imidazole rings is 1. The molecular weight excluding hydrogens is 386 g/mol. The summed E-state index contributed by atoms with van der Waals surface area (Å²) in [5, 5.41) is 12.9. The van der Waals surface area contributed by atoms with Crippen molar-refractivity contribution in [1.29, 1.82) is 0 Å². The highest BCUT2D eigenvalue weighted by atomic mass is 15.2. The lowest BCUT2D eigenvalue weighted by Crippen LogP contribution is -1.98. The van der Waals surface area contributed by atoms with Crippen LogP contribution < -0.4 is 5.32 Å². The van der Waals surface area contributed by atoms with Gasteiger partial charge >= 0.3 is 0 Å². The first-order valence-electron chi connectivity index (χ1n) is 9.92. The summed E-state index contributed by atoms with van der Waals surface area (Å²) in [7, 11) is 0. The van der Waals surface area contributed by atoms with Crippen molar-refractivity contribution in [3.05, 3.63) is 85.2 Å². The van der Waals surface area contributed by atoms with Gasteiger partial charge in [0.25, 0.3) is 0 Å². The van der Waals surface area contributed by atoms with Crippen LogP contribution in [0.4, 0.5) is 11.5 Å². The van der Waals surface area contributed by atoms with Crippen molar-refractivity contribution in [2.45, 2.75) is 0 Å². The number of rotatable bonds is 4. The van der Waals surface area contributed by atoms with Crippen molar-refractivity contribution < 1.29 is 0 Å². The van der Waals surface area contributed by atoms with E-state index in [4.69, 9.17) is 4.98 Å². The van der Waals surface area contributed by atoms with E-state index in [9.17, 15) is 0 Å². The molecule has 0 bridgehead atoms. The number of H-pyrrole nitrogens is 2. The van der Waals surface area contributed by atoms with Gasteiger partial charge in [0, 0.05) is 18.0 Å². The standard InChI is InChI=1S/C24H17N7/c1-2-8-16-15(6-1)7-5-9-17(16)23-25-13-12-21(30-23)27-20-14-26-31-22(20)24-28-18-10-3-4-11-19(18)29-24/h1-14H,(H,26,31)(H,28,29)(H,25,27,30). The Bertz CT molecular complexity index is 1490. The van der Waals surface area contributed by atoms with E-state index >= 15 is 0 Å². The van der Waals surface area contributed by atoms with Crippen LogP contribution in [0.3, 0.4) is 0 Å². The number of benzene rings is 3. The van der Waals surface area contributed by atoms with E-state index < -0.39 is 0 Å². The van der Waals surface area contributed by atoms with Gasteiger partial charge in [-0.2, -0.15) is 5.10 Å². The summed E-state index contributed by atoms with van der Waals surface area (Å²) in [6.07, 6.45) is 3.55. The zero-order valence-corrected chi connectivity index (χ0v) is 16.4. The molecule has 0 aliphatic heterocycles. The topological polar surface area (TPSA) is 95.2 Å². The number of hydrogen-bond donors (Lipinski definition) is 3. The van der Waals surface area contributed by atoms with E-state index in [0.29, 0.717) is 23.2 Å². The Labute approximate surface area is 177 Å². The van der Waals surface area contributed by atoms with E-state index in [0.717, 1.165) is 33.1 Å². The predicted molar refractivity (Wildman–Crippen MR) is 122 cm³/mol. The van der Waals surface area contributed by atoms with Gasteiger partial charge in [0.05, 0.1) is 16.7 Å². The Morgan fingerprint density at radius 1 is 0.806 bits per heavy atom. The minimum absolute atomic E-state index is 0.663. The van der Waals surface area contributed by atoms with Crippen LogP contribution >= 0.6 is 0 Å². The molecule has 0 unspecified atom stereocenters. The van der Waals surface area contributed by atoms with Gasteiger partial charge < -0.3 is 10.3 Å². The maximum absolute atomic E-state index is 4.75. The van der Waals surface area contributed by atoms with Gasteiger partial charge in [-0.05, 0) is 29.0 Å². The molecule has 6 aromatic rings. The summed E-state index contributed by atoms with van der Waals surface area (Å²) in [6.45, 7) is 0. The number of nitrogens with one attached hydrogen (secondary N) is 3. The van der Waals surface area contributed by atoms with Crippen LogP contribution in [0.5, 0.6) is 0 Å². The molecule has 148 valence electrons. The van der Waals surface area contributed by atoms with Crippen LogP contribution in [-0.4, -0.2) is 30.1 Å². The fourth-order valence-corrected chi connectivity index (χ4v) is 3.75. The number of fused-ring (bicyclic) bond motifs is 2. The van der Waals surface area contributed by atoms with Gasteiger partial charge in [-0.1, -0.05) is 54.6 Å². The highest BCUT2D eigenvalue weighted by molar-refractivity contribution is 5.95. The van der Waals surface area contributed by atoms with Crippen molar-refractivity contribution in [2.24, 2.45) is 0 Å². The molecule has 0 radical (unpaired) electrons. The Balaban J connectivity index is 1.37. The quantitative estimate of drug-likeness (QED) is 0.371. The smallest absolute Gasteiger partial charge is 0.162 e. The Morgan fingerprint density at radius 2 is 1.68 bits per heavy atom. The molecule has 3 aromatic heterocycles. The summed E-state index contributed by atoms with van der Waals surface area (Å²) in [6, 6.07) is 24.1. The average Bonchev–Trinajstić information content (AvgIpc) is 3.45. The van der Waals surface area contributed by atoms with E-state index in [2.05, 4.69) is 48.7 Å². The van der Waals surface area contributed by atoms with Crippen LogP contribution in [0, 0.1) is 0 Å². The molecular formula is C24H17N7. The molecule has 3 aromatic carbocycles. The van der Waals surface area contributed by atoms with Gasteiger partial charge in [-0.3, -0.25) is 5.10 Å². The molecule has 0 fully saturated rings. The number of aromatic nitrogens is 6. The third kappa shape index (κ3) is 3.08. The average molecular weight is 403 g/mol. The summed E-state index contributed by atoms with van der Waals surface area (Å²) in [4.78, 5) is 17.2. The maximum Gasteiger partial charge on any atom is 0.162 e. The van der Waals surface area contributed by atoms with Crippen LogP contribution in [-0.2, 0) is 0 Å². The lowest BCUT2D eigenvalue weighted by atomic mass is 10.0. The van der Waals surface area contributed by atoms with E-state index in [1.165, 1.54) is 0 Å². The second-order valence-electron chi connectivity index (χ2n) is 7.17. The highest BCUT2D eigenvalue weighted by Crippen LogP contribution is 2.29. The first kappa shape index (κ1) is 17.3. The molecule has 3 heterocycles. The number of hydrogen-bond acceptors (Lipinski definition) is 5. The first-order valence-corrected chi connectivity index (χ1v) is 9.92. The van der Waals surface area contributed by atoms with Crippen molar-refractivity contribution in [3.8, 4) is 22.9 Å². The fourth-order valence-electron chi connectivity index (χ4n) is 3.75. The number of aromatic amines is 2. The monoisotopic (exact) mass is 403 g/mol. The molecule has 3 N–H and O–H groups in total. The van der Waals surface area contributed by atoms with Crippen molar-refractivity contribution in [2.75, 3.05) is 5.32 Å². The summed E-state index contributed by atoms with van der Waals surface area (Å²) >= 11 is 0. The molecule has 0 aliphatic rings. The molecule has 0 spiro atoms. The number of anilines is 2. The Kier molecular flexibility index (Phi) is 3.96. The summed E-state index contributed by atoms with van der Waals surface area (Å²) in [5.41, 5.74) is 4.33. The first-order chi connectivity index (χ1) is 15.3. The van der Waals surface area contributed by atoms with E-state index in [-0.39, 0.29) is 0 Å². The lowest BCUT2D eigenvalue weighted by Gasteiger charge is -2.08. The molecule has 6 rings (SSSR count). The maximum atomic E-state index is 4.75. The van der Waals surface area contributed by atoms with Gasteiger partial charge in [0.2, 0.25) is 0 Å². The second-order valence-corrected chi connectivity index (χ2v) is 7.17. The molecule has 0 saturated carbocycles. The predicted octanol–water partition coefficient (Wildman–Crippen LogP) is 5.31. The third-order valence-corrected chi connectivity index (χ3v) is 5.20. The van der Waals surface area contributed by atoms with Gasteiger partial charge in [0.1, 0.15) is 5.82 Å². The van der Waals surface area contributed by atoms with E-state index in [1.54, 1.807) is 12.4 Å². The summed E-state index contributed by atoms with van der Waals surface area (Å²) < 4.78 is 0. The third-order valence-electron chi connectivity index (χ3n) is 5.20. The van der Waals surface area contributed by atoms with Crippen LogP contribution in [0.2, 0.25) is 0 Å². The van der Waals surface area contributed by atoms with Crippen LogP contribution in [0.15, 0.2) is 85.2 Å². The van der Waals surface area contributed by atoms with Gasteiger partial charge in [-0.25, -0.2) is 15.0 Å². The van der Waals surface area contributed by atoms with E-state index in [1.807, 2.05) is 54.6 Å². The van der Waals surface area contributed by atoms with Crippen molar-refractivity contribution >= 4 is 33.3 Å². The molecule has 0 aliphatic carbocycles. The molecule has 7 nitrogen and oxygen atoms in total. The Hall–Kier alpha value is -4.52. The minimum atomic E-state index is 0.663. The fraction of sp³-hybridized carbons (Fsp3) is 0. The summed E-state index contributed by atoms with van der Waals surface area (Å²) in [5.74, 6) is 2.03. The number of para-hydroxylation sites is 2.